The fraction of sp³-hybridized carbons (Fsp3) is 0.308. The van der Waals surface area contributed by atoms with Crippen LogP contribution in [0.4, 0.5) is 0 Å². The van der Waals surface area contributed by atoms with Gasteiger partial charge in [0.2, 0.25) is 0 Å². The average molecular weight is 229 g/mol. The van der Waals surface area contributed by atoms with E-state index < -0.39 is 0 Å². The lowest BCUT2D eigenvalue weighted by atomic mass is 10.2. The van der Waals surface area contributed by atoms with E-state index in [0.29, 0.717) is 5.56 Å². The molecular formula is C13H15N3O. The van der Waals surface area contributed by atoms with Gasteiger partial charge < -0.3 is 0 Å². The van der Waals surface area contributed by atoms with E-state index in [-0.39, 0.29) is 0 Å². The van der Waals surface area contributed by atoms with E-state index >= 15 is 0 Å². The third-order valence-corrected chi connectivity index (χ3v) is 2.89. The van der Waals surface area contributed by atoms with Crippen LogP contribution in [0.15, 0.2) is 24.5 Å². The van der Waals surface area contributed by atoms with Crippen molar-refractivity contribution < 1.29 is 4.79 Å². The molecule has 0 unspecified atom stereocenters. The van der Waals surface area contributed by atoms with Crippen LogP contribution in [0.2, 0.25) is 0 Å². The van der Waals surface area contributed by atoms with Crippen LogP contribution in [-0.2, 0) is 13.0 Å². The molecule has 17 heavy (non-hydrogen) atoms. The second kappa shape index (κ2) is 4.91. The highest BCUT2D eigenvalue weighted by Gasteiger charge is 2.09. The van der Waals surface area contributed by atoms with Crippen molar-refractivity contribution in [2.45, 2.75) is 26.8 Å². The van der Waals surface area contributed by atoms with Gasteiger partial charge in [-0.2, -0.15) is 5.10 Å². The van der Waals surface area contributed by atoms with E-state index in [9.17, 15) is 4.79 Å². The average Bonchev–Trinajstić information content (AvgIpc) is 2.63. The molecular weight excluding hydrogens is 214 g/mol. The Morgan fingerprint density at radius 3 is 2.82 bits per heavy atom. The number of carbonyl (C=O) groups excluding carboxylic acids is 1. The summed E-state index contributed by atoms with van der Waals surface area (Å²) in [6, 6.07) is 3.96. The third kappa shape index (κ3) is 2.41. The maximum atomic E-state index is 10.9. The van der Waals surface area contributed by atoms with Crippen molar-refractivity contribution in [2.75, 3.05) is 0 Å². The summed E-state index contributed by atoms with van der Waals surface area (Å²) in [5.74, 6) is 0. The number of hydrogen-bond donors (Lipinski definition) is 0. The standard InChI is InChI=1S/C13H15N3O/c1-10-13(9-17)11(2)16(15-10)7-5-12-4-3-6-14-8-12/h3-4,6,8-9H,5,7H2,1-2H3. The maximum absolute atomic E-state index is 10.9. The molecule has 0 radical (unpaired) electrons. The fourth-order valence-corrected chi connectivity index (χ4v) is 1.88. The van der Waals surface area contributed by atoms with Crippen molar-refractivity contribution in [1.29, 1.82) is 0 Å². The predicted octanol–water partition coefficient (Wildman–Crippen LogP) is 1.95. The Labute approximate surface area is 100 Å². The first-order valence-electron chi connectivity index (χ1n) is 5.60. The van der Waals surface area contributed by atoms with Crippen molar-refractivity contribution in [3.8, 4) is 0 Å². The predicted molar refractivity (Wildman–Crippen MR) is 65.0 cm³/mol. The molecule has 0 atom stereocenters. The van der Waals surface area contributed by atoms with Gasteiger partial charge in [-0.3, -0.25) is 14.5 Å². The van der Waals surface area contributed by atoms with Gasteiger partial charge in [-0.1, -0.05) is 6.07 Å². The zero-order valence-electron chi connectivity index (χ0n) is 10.1. The van der Waals surface area contributed by atoms with Crippen LogP contribution < -0.4 is 0 Å². The molecule has 4 nitrogen and oxygen atoms in total. The lowest BCUT2D eigenvalue weighted by molar-refractivity contribution is 0.112. The SMILES string of the molecule is Cc1nn(CCc2cccnc2)c(C)c1C=O. The minimum absolute atomic E-state index is 0.705. The zero-order valence-corrected chi connectivity index (χ0v) is 10.1. The smallest absolute Gasteiger partial charge is 0.153 e. The number of aryl methyl sites for hydroxylation is 3. The Balaban J connectivity index is 2.12. The zero-order chi connectivity index (χ0) is 12.3. The van der Waals surface area contributed by atoms with Crippen LogP contribution >= 0.6 is 0 Å². The van der Waals surface area contributed by atoms with Crippen molar-refractivity contribution in [2.24, 2.45) is 0 Å². The number of carbonyl (C=O) groups is 1. The first kappa shape index (κ1) is 11.5. The molecule has 0 aliphatic rings. The molecule has 0 aliphatic carbocycles. The minimum atomic E-state index is 0.705. The van der Waals surface area contributed by atoms with E-state index in [1.54, 1.807) is 6.20 Å². The molecule has 0 aliphatic heterocycles. The number of nitrogens with zero attached hydrogens (tertiary/aromatic N) is 3. The van der Waals surface area contributed by atoms with Crippen LogP contribution in [0.5, 0.6) is 0 Å². The molecule has 2 heterocycles. The molecule has 0 fully saturated rings. The number of pyridine rings is 1. The maximum Gasteiger partial charge on any atom is 0.153 e. The third-order valence-electron chi connectivity index (χ3n) is 2.89. The van der Waals surface area contributed by atoms with E-state index in [1.165, 1.54) is 5.56 Å². The molecule has 0 bridgehead atoms. The quantitative estimate of drug-likeness (QED) is 0.753. The highest BCUT2D eigenvalue weighted by molar-refractivity contribution is 5.77. The summed E-state index contributed by atoms with van der Waals surface area (Å²) in [4.78, 5) is 14.9. The first-order valence-corrected chi connectivity index (χ1v) is 5.60. The van der Waals surface area contributed by atoms with Gasteiger partial charge in [0.25, 0.3) is 0 Å². The lowest BCUT2D eigenvalue weighted by Crippen LogP contribution is -2.05. The van der Waals surface area contributed by atoms with Gasteiger partial charge in [-0.05, 0) is 31.9 Å². The van der Waals surface area contributed by atoms with E-state index in [1.807, 2.05) is 36.9 Å². The number of aldehydes is 1. The van der Waals surface area contributed by atoms with Crippen molar-refractivity contribution in [1.82, 2.24) is 14.8 Å². The highest BCUT2D eigenvalue weighted by atomic mass is 16.1. The van der Waals surface area contributed by atoms with Gasteiger partial charge in [0.05, 0.1) is 11.3 Å². The van der Waals surface area contributed by atoms with Gasteiger partial charge in [0.15, 0.2) is 6.29 Å². The van der Waals surface area contributed by atoms with E-state index in [0.717, 1.165) is 30.6 Å². The number of rotatable bonds is 4. The normalized spacial score (nSPS) is 10.5. The molecule has 2 aromatic heterocycles. The second-order valence-electron chi connectivity index (χ2n) is 4.04. The van der Waals surface area contributed by atoms with Crippen molar-refractivity contribution in [3.63, 3.8) is 0 Å². The Morgan fingerprint density at radius 2 is 2.24 bits per heavy atom. The number of hydrogen-bond acceptors (Lipinski definition) is 3. The van der Waals surface area contributed by atoms with Crippen molar-refractivity contribution >= 4 is 6.29 Å². The Morgan fingerprint density at radius 1 is 1.41 bits per heavy atom. The molecule has 0 saturated heterocycles. The van der Waals surface area contributed by atoms with Gasteiger partial charge in [0, 0.05) is 24.6 Å². The monoisotopic (exact) mass is 229 g/mol. The topological polar surface area (TPSA) is 47.8 Å². The molecule has 4 heteroatoms. The summed E-state index contributed by atoms with van der Waals surface area (Å²) in [6.07, 6.45) is 5.36. The van der Waals surface area contributed by atoms with Gasteiger partial charge in [0.1, 0.15) is 0 Å². The van der Waals surface area contributed by atoms with Crippen molar-refractivity contribution in [3.05, 3.63) is 47.0 Å². The van der Waals surface area contributed by atoms with Gasteiger partial charge in [-0.15, -0.1) is 0 Å². The summed E-state index contributed by atoms with van der Waals surface area (Å²) in [6.45, 7) is 4.55. The Bertz CT molecular complexity index is 517. The Kier molecular flexibility index (Phi) is 3.32. The minimum Gasteiger partial charge on any atom is -0.298 e. The first-order chi connectivity index (χ1) is 8.22. The molecule has 88 valence electrons. The molecule has 0 spiro atoms. The van der Waals surface area contributed by atoms with E-state index in [2.05, 4.69) is 10.1 Å². The van der Waals surface area contributed by atoms with Crippen LogP contribution in [0.1, 0.15) is 27.3 Å². The van der Waals surface area contributed by atoms with Gasteiger partial charge in [-0.25, -0.2) is 0 Å². The lowest BCUT2D eigenvalue weighted by Gasteiger charge is -2.04. The highest BCUT2D eigenvalue weighted by Crippen LogP contribution is 2.11. The second-order valence-corrected chi connectivity index (χ2v) is 4.04. The van der Waals surface area contributed by atoms with Gasteiger partial charge >= 0.3 is 0 Å². The van der Waals surface area contributed by atoms with Crippen LogP contribution in [0, 0.1) is 13.8 Å². The molecule has 0 N–H and O–H groups in total. The number of aromatic nitrogens is 3. The molecule has 0 aromatic carbocycles. The molecule has 2 aromatic rings. The van der Waals surface area contributed by atoms with Crippen LogP contribution in [0.25, 0.3) is 0 Å². The van der Waals surface area contributed by atoms with Crippen LogP contribution in [-0.4, -0.2) is 21.1 Å². The largest absolute Gasteiger partial charge is 0.298 e. The summed E-state index contributed by atoms with van der Waals surface area (Å²) in [5, 5.41) is 4.36. The molecule has 0 saturated carbocycles. The summed E-state index contributed by atoms with van der Waals surface area (Å²) >= 11 is 0. The summed E-state index contributed by atoms with van der Waals surface area (Å²) in [7, 11) is 0. The van der Waals surface area contributed by atoms with Crippen LogP contribution in [0.3, 0.4) is 0 Å². The van der Waals surface area contributed by atoms with E-state index in [4.69, 9.17) is 0 Å². The molecule has 2 rings (SSSR count). The summed E-state index contributed by atoms with van der Waals surface area (Å²) < 4.78 is 1.88. The molecule has 0 amide bonds. The Hall–Kier alpha value is -1.97. The summed E-state index contributed by atoms with van der Waals surface area (Å²) in [5.41, 5.74) is 3.61. The fourth-order valence-electron chi connectivity index (χ4n) is 1.88.